The second-order valence-electron chi connectivity index (χ2n) is 5.74. The third-order valence-electron chi connectivity index (χ3n) is 3.90. The second kappa shape index (κ2) is 8.16. The Morgan fingerprint density at radius 2 is 2.00 bits per heavy atom. The van der Waals surface area contributed by atoms with Crippen LogP contribution in [0.25, 0.3) is 0 Å². The van der Waals surface area contributed by atoms with Crippen molar-refractivity contribution in [2.45, 2.75) is 20.0 Å². The fourth-order valence-electron chi connectivity index (χ4n) is 2.52. The van der Waals surface area contributed by atoms with Gasteiger partial charge in [-0.3, -0.25) is 24.4 Å². The molecule has 2 heterocycles. The molecular weight excluding hydrogens is 366 g/mol. The molecule has 0 aliphatic rings. The van der Waals surface area contributed by atoms with Crippen molar-refractivity contribution in [1.29, 1.82) is 0 Å². The first-order chi connectivity index (χ1) is 13.5. The molecular formula is C18H17N5O5. The zero-order valence-electron chi connectivity index (χ0n) is 14.9. The normalized spacial score (nSPS) is 10.5. The van der Waals surface area contributed by atoms with E-state index in [1.165, 1.54) is 41.4 Å². The molecule has 0 atom stereocenters. The van der Waals surface area contributed by atoms with E-state index in [2.05, 4.69) is 15.7 Å². The van der Waals surface area contributed by atoms with E-state index in [9.17, 15) is 19.7 Å². The van der Waals surface area contributed by atoms with Gasteiger partial charge in [0.2, 0.25) is 0 Å². The molecule has 10 nitrogen and oxygen atoms in total. The highest BCUT2D eigenvalue weighted by Crippen LogP contribution is 2.21. The van der Waals surface area contributed by atoms with Crippen LogP contribution in [-0.4, -0.2) is 26.5 Å². The number of aryl methyl sites for hydroxylation is 1. The number of nitro benzene ring substituents is 1. The molecule has 1 aromatic carbocycles. The Hall–Kier alpha value is -3.95. The van der Waals surface area contributed by atoms with Crippen molar-refractivity contribution in [1.82, 2.24) is 15.1 Å². The predicted octanol–water partition coefficient (Wildman–Crippen LogP) is 2.59. The molecule has 0 bridgehead atoms. The van der Waals surface area contributed by atoms with Crippen LogP contribution >= 0.6 is 0 Å². The minimum absolute atomic E-state index is 0.000315. The molecule has 144 valence electrons. The minimum Gasteiger partial charge on any atom is -0.467 e. The number of nitrogens with one attached hydrogen (secondary N) is 2. The molecule has 0 radical (unpaired) electrons. The first-order valence-corrected chi connectivity index (χ1v) is 8.42. The van der Waals surface area contributed by atoms with Crippen LogP contribution in [0.2, 0.25) is 0 Å². The van der Waals surface area contributed by atoms with E-state index in [-0.39, 0.29) is 29.2 Å². The number of aromatic nitrogens is 2. The third kappa shape index (κ3) is 4.06. The zero-order valence-corrected chi connectivity index (χ0v) is 14.9. The van der Waals surface area contributed by atoms with E-state index in [1.54, 1.807) is 12.1 Å². The molecule has 0 aliphatic heterocycles. The number of carbonyl (C=O) groups excluding carboxylic acids is 2. The SMILES string of the molecule is CCn1cc(NC(=O)c2ccccc2[N+](=O)[O-])c(C(=O)NCc2ccco2)n1. The van der Waals surface area contributed by atoms with Gasteiger partial charge in [-0.15, -0.1) is 0 Å². The summed E-state index contributed by atoms with van der Waals surface area (Å²) in [5.41, 5.74) is -0.285. The van der Waals surface area contributed by atoms with Crippen molar-refractivity contribution in [2.24, 2.45) is 0 Å². The van der Waals surface area contributed by atoms with Gasteiger partial charge in [0.15, 0.2) is 5.69 Å². The number of hydrogen-bond acceptors (Lipinski definition) is 6. The molecule has 2 N–H and O–H groups in total. The number of anilines is 1. The number of carbonyl (C=O) groups is 2. The highest BCUT2D eigenvalue weighted by atomic mass is 16.6. The summed E-state index contributed by atoms with van der Waals surface area (Å²) >= 11 is 0. The smallest absolute Gasteiger partial charge is 0.282 e. The molecule has 0 aliphatic carbocycles. The van der Waals surface area contributed by atoms with Crippen LogP contribution in [-0.2, 0) is 13.1 Å². The molecule has 0 spiro atoms. The van der Waals surface area contributed by atoms with E-state index in [0.29, 0.717) is 12.3 Å². The molecule has 10 heteroatoms. The largest absolute Gasteiger partial charge is 0.467 e. The van der Waals surface area contributed by atoms with Gasteiger partial charge in [0, 0.05) is 18.8 Å². The lowest BCUT2D eigenvalue weighted by atomic mass is 10.1. The number of furan rings is 1. The van der Waals surface area contributed by atoms with Gasteiger partial charge in [-0.25, -0.2) is 0 Å². The summed E-state index contributed by atoms with van der Waals surface area (Å²) in [6, 6.07) is 8.98. The van der Waals surface area contributed by atoms with Crippen molar-refractivity contribution in [2.75, 3.05) is 5.32 Å². The van der Waals surface area contributed by atoms with Gasteiger partial charge in [-0.2, -0.15) is 5.10 Å². The van der Waals surface area contributed by atoms with E-state index in [4.69, 9.17) is 4.42 Å². The Bertz CT molecular complexity index is 1010. The van der Waals surface area contributed by atoms with Crippen molar-refractivity contribution in [3.8, 4) is 0 Å². The maximum absolute atomic E-state index is 12.6. The monoisotopic (exact) mass is 383 g/mol. The maximum atomic E-state index is 12.6. The van der Waals surface area contributed by atoms with E-state index >= 15 is 0 Å². The number of para-hydroxylation sites is 1. The van der Waals surface area contributed by atoms with E-state index in [1.807, 2.05) is 6.92 Å². The van der Waals surface area contributed by atoms with Gasteiger partial charge in [0.25, 0.3) is 17.5 Å². The molecule has 3 rings (SSSR count). The van der Waals surface area contributed by atoms with Crippen LogP contribution in [0.15, 0.2) is 53.3 Å². The molecule has 0 saturated heterocycles. The van der Waals surface area contributed by atoms with Crippen molar-refractivity contribution in [3.63, 3.8) is 0 Å². The second-order valence-corrected chi connectivity index (χ2v) is 5.74. The van der Waals surface area contributed by atoms with Crippen molar-refractivity contribution >= 4 is 23.2 Å². The lowest BCUT2D eigenvalue weighted by molar-refractivity contribution is -0.385. The predicted molar refractivity (Wildman–Crippen MR) is 98.8 cm³/mol. The lowest BCUT2D eigenvalue weighted by Crippen LogP contribution is -2.25. The minimum atomic E-state index is -0.706. The number of amides is 2. The van der Waals surface area contributed by atoms with Crippen LogP contribution in [0, 0.1) is 10.1 Å². The molecule has 0 unspecified atom stereocenters. The Kier molecular flexibility index (Phi) is 5.49. The topological polar surface area (TPSA) is 132 Å². The fraction of sp³-hybridized carbons (Fsp3) is 0.167. The summed E-state index contributed by atoms with van der Waals surface area (Å²) in [7, 11) is 0. The van der Waals surface area contributed by atoms with Gasteiger partial charge in [-0.05, 0) is 25.1 Å². The van der Waals surface area contributed by atoms with Gasteiger partial charge in [0.1, 0.15) is 11.3 Å². The van der Waals surface area contributed by atoms with Crippen LogP contribution < -0.4 is 10.6 Å². The first kappa shape index (κ1) is 18.8. The average molecular weight is 383 g/mol. The Morgan fingerprint density at radius 1 is 1.21 bits per heavy atom. The van der Waals surface area contributed by atoms with Gasteiger partial charge >= 0.3 is 0 Å². The summed E-state index contributed by atoms with van der Waals surface area (Å²) in [6.45, 7) is 2.45. The van der Waals surface area contributed by atoms with Crippen LogP contribution in [0.1, 0.15) is 33.5 Å². The molecule has 2 aromatic heterocycles. The van der Waals surface area contributed by atoms with Gasteiger partial charge < -0.3 is 15.1 Å². The number of nitro groups is 1. The summed E-state index contributed by atoms with van der Waals surface area (Å²) in [4.78, 5) is 35.6. The third-order valence-corrected chi connectivity index (χ3v) is 3.90. The number of rotatable bonds is 7. The van der Waals surface area contributed by atoms with E-state index in [0.717, 1.165) is 0 Å². The standard InChI is InChI=1S/C18H17N5O5/c1-2-22-11-14(16(21-22)18(25)19-10-12-6-5-9-28-12)20-17(24)13-7-3-4-8-15(13)23(26)27/h3-9,11H,2,10H2,1H3,(H,19,25)(H,20,24). The Morgan fingerprint density at radius 3 is 2.68 bits per heavy atom. The lowest BCUT2D eigenvalue weighted by Gasteiger charge is -2.06. The number of benzene rings is 1. The molecule has 3 aromatic rings. The number of hydrogen-bond donors (Lipinski definition) is 2. The maximum Gasteiger partial charge on any atom is 0.282 e. The van der Waals surface area contributed by atoms with Crippen LogP contribution in [0.4, 0.5) is 11.4 Å². The molecule has 28 heavy (non-hydrogen) atoms. The molecule has 2 amide bonds. The molecule has 0 saturated carbocycles. The fourth-order valence-corrected chi connectivity index (χ4v) is 2.52. The summed E-state index contributed by atoms with van der Waals surface area (Å²) in [6.07, 6.45) is 2.99. The zero-order chi connectivity index (χ0) is 20.1. The first-order valence-electron chi connectivity index (χ1n) is 8.42. The number of nitrogens with zero attached hydrogens (tertiary/aromatic N) is 3. The van der Waals surface area contributed by atoms with Crippen LogP contribution in [0.5, 0.6) is 0 Å². The highest BCUT2D eigenvalue weighted by Gasteiger charge is 2.23. The van der Waals surface area contributed by atoms with E-state index < -0.39 is 16.7 Å². The summed E-state index contributed by atoms with van der Waals surface area (Å²) in [5.74, 6) is -0.654. The Balaban J connectivity index is 1.82. The molecule has 0 fully saturated rings. The highest BCUT2D eigenvalue weighted by molar-refractivity contribution is 6.10. The van der Waals surface area contributed by atoms with Crippen molar-refractivity contribution < 1.29 is 18.9 Å². The average Bonchev–Trinajstić information content (AvgIpc) is 3.35. The van der Waals surface area contributed by atoms with Crippen molar-refractivity contribution in [3.05, 3.63) is 76.0 Å². The van der Waals surface area contributed by atoms with Gasteiger partial charge in [0.05, 0.1) is 23.4 Å². The summed E-state index contributed by atoms with van der Waals surface area (Å²) < 4.78 is 6.64. The summed E-state index contributed by atoms with van der Waals surface area (Å²) in [5, 5.41) is 20.5. The van der Waals surface area contributed by atoms with Gasteiger partial charge in [-0.1, -0.05) is 12.1 Å². The quantitative estimate of drug-likeness (QED) is 0.476. The Labute approximate surface area is 159 Å². The van der Waals surface area contributed by atoms with Crippen LogP contribution in [0.3, 0.4) is 0 Å².